The summed E-state index contributed by atoms with van der Waals surface area (Å²) in [7, 11) is 1.18. The first kappa shape index (κ1) is 16.2. The number of nitro groups is 1. The van der Waals surface area contributed by atoms with Crippen LogP contribution in [0.5, 0.6) is 0 Å². The summed E-state index contributed by atoms with van der Waals surface area (Å²) in [5.41, 5.74) is 8.30. The van der Waals surface area contributed by atoms with Crippen LogP contribution in [0.2, 0.25) is 0 Å². The van der Waals surface area contributed by atoms with Crippen molar-refractivity contribution in [3.8, 4) is 0 Å². The van der Waals surface area contributed by atoms with Crippen LogP contribution in [0, 0.1) is 16.0 Å². The van der Waals surface area contributed by atoms with E-state index >= 15 is 0 Å². The molecule has 0 spiro atoms. The maximum atomic E-state index is 12.2. The molecule has 0 aliphatic carbocycles. The zero-order valence-electron chi connectivity index (χ0n) is 12.2. The molecule has 0 bridgehead atoms. The lowest BCUT2D eigenvalue weighted by Crippen LogP contribution is -2.27. The molecule has 0 saturated carbocycles. The van der Waals surface area contributed by atoms with Gasteiger partial charge in [-0.05, 0) is 17.5 Å². The van der Waals surface area contributed by atoms with Crippen LogP contribution in [0.3, 0.4) is 0 Å². The van der Waals surface area contributed by atoms with E-state index in [-0.39, 0.29) is 48.3 Å². The summed E-state index contributed by atoms with van der Waals surface area (Å²) in [6.45, 7) is 0.351. The van der Waals surface area contributed by atoms with Crippen molar-refractivity contribution in [2.45, 2.75) is 6.42 Å². The van der Waals surface area contributed by atoms with Crippen LogP contribution in [0.4, 0.5) is 11.4 Å². The highest BCUT2D eigenvalue weighted by Crippen LogP contribution is 2.32. The minimum atomic E-state index is -0.693. The van der Waals surface area contributed by atoms with Gasteiger partial charge >= 0.3 is 5.97 Å². The summed E-state index contributed by atoms with van der Waals surface area (Å²) < 4.78 is 4.65. The highest BCUT2D eigenvalue weighted by Gasteiger charge is 2.33. The largest absolute Gasteiger partial charge is 0.465 e. The van der Waals surface area contributed by atoms with Gasteiger partial charge in [0.2, 0.25) is 5.91 Å². The number of non-ortho nitro benzene ring substituents is 1. The number of nitro benzene ring substituents is 1. The first-order valence-corrected chi connectivity index (χ1v) is 6.66. The van der Waals surface area contributed by atoms with E-state index in [0.717, 1.165) is 0 Å². The zero-order valence-corrected chi connectivity index (χ0v) is 12.2. The van der Waals surface area contributed by atoms with Gasteiger partial charge in [-0.25, -0.2) is 4.79 Å². The van der Waals surface area contributed by atoms with Gasteiger partial charge in [0, 0.05) is 36.6 Å². The number of carbonyl (C=O) groups excluding carboxylic acids is 2. The van der Waals surface area contributed by atoms with E-state index in [1.165, 1.54) is 30.2 Å². The Labute approximate surface area is 130 Å². The van der Waals surface area contributed by atoms with Crippen LogP contribution in [0.15, 0.2) is 23.3 Å². The van der Waals surface area contributed by atoms with Gasteiger partial charge < -0.3 is 9.64 Å². The minimum absolute atomic E-state index is 0.0656. The molecule has 1 saturated heterocycles. The molecule has 1 fully saturated rings. The lowest BCUT2D eigenvalue weighted by molar-refractivity contribution is -0.384. The van der Waals surface area contributed by atoms with Crippen LogP contribution in [0.1, 0.15) is 16.8 Å². The SMILES string of the molecule is COC(=O)c1ccc([N+](=O)[O-])cc1N1CC(CN=[N+]=[N-])CC1=O. The van der Waals surface area contributed by atoms with E-state index in [0.29, 0.717) is 0 Å². The van der Waals surface area contributed by atoms with Crippen molar-refractivity contribution in [3.05, 3.63) is 44.3 Å². The fourth-order valence-corrected chi connectivity index (χ4v) is 2.43. The molecule has 0 N–H and O–H groups in total. The summed E-state index contributed by atoms with van der Waals surface area (Å²) in [6, 6.07) is 3.60. The maximum Gasteiger partial charge on any atom is 0.339 e. The average molecular weight is 319 g/mol. The number of benzene rings is 1. The summed E-state index contributed by atoms with van der Waals surface area (Å²) in [6.07, 6.45) is 0.141. The monoisotopic (exact) mass is 319 g/mol. The molecule has 1 atom stereocenters. The molecule has 10 nitrogen and oxygen atoms in total. The van der Waals surface area contributed by atoms with Crippen LogP contribution in [-0.2, 0) is 9.53 Å². The Balaban J connectivity index is 2.41. The third-order valence-corrected chi connectivity index (χ3v) is 3.50. The average Bonchev–Trinajstić information content (AvgIpc) is 2.92. The van der Waals surface area contributed by atoms with Crippen molar-refractivity contribution in [3.63, 3.8) is 0 Å². The van der Waals surface area contributed by atoms with Gasteiger partial charge in [0.25, 0.3) is 5.69 Å². The summed E-state index contributed by atoms with van der Waals surface area (Å²) in [4.78, 5) is 38.3. The van der Waals surface area contributed by atoms with Gasteiger partial charge in [-0.3, -0.25) is 14.9 Å². The summed E-state index contributed by atoms with van der Waals surface area (Å²) in [5, 5.41) is 14.4. The Hall–Kier alpha value is -3.13. The lowest BCUT2D eigenvalue weighted by Gasteiger charge is -2.19. The molecular weight excluding hydrogens is 306 g/mol. The van der Waals surface area contributed by atoms with Gasteiger partial charge in [0.1, 0.15) is 0 Å². The fraction of sp³-hybridized carbons (Fsp3) is 0.385. The first-order chi connectivity index (χ1) is 11.0. The molecule has 23 heavy (non-hydrogen) atoms. The zero-order chi connectivity index (χ0) is 17.0. The van der Waals surface area contributed by atoms with E-state index in [2.05, 4.69) is 14.8 Å². The molecule has 10 heteroatoms. The second kappa shape index (κ2) is 6.75. The van der Waals surface area contributed by atoms with Crippen molar-refractivity contribution in [1.29, 1.82) is 0 Å². The molecule has 0 aromatic heterocycles. The Morgan fingerprint density at radius 1 is 1.61 bits per heavy atom. The number of rotatable bonds is 5. The van der Waals surface area contributed by atoms with Crippen LogP contribution < -0.4 is 4.90 Å². The Kier molecular flexibility index (Phi) is 4.77. The predicted molar refractivity (Wildman–Crippen MR) is 78.9 cm³/mol. The summed E-state index contributed by atoms with van der Waals surface area (Å²) >= 11 is 0. The molecule has 1 aliphatic rings. The number of carbonyl (C=O) groups is 2. The molecule has 2 rings (SSSR count). The Bertz CT molecular complexity index is 713. The van der Waals surface area contributed by atoms with Crippen LogP contribution in [0.25, 0.3) is 10.4 Å². The van der Waals surface area contributed by atoms with Gasteiger partial charge in [0.15, 0.2) is 0 Å². The lowest BCUT2D eigenvalue weighted by atomic mass is 10.1. The molecule has 1 unspecified atom stereocenters. The molecule has 1 amide bonds. The quantitative estimate of drug-likeness (QED) is 0.204. The number of amides is 1. The Morgan fingerprint density at radius 3 is 2.96 bits per heavy atom. The number of methoxy groups -OCH3 is 1. The number of nitrogens with zero attached hydrogens (tertiary/aromatic N) is 5. The van der Waals surface area contributed by atoms with Crippen LogP contribution >= 0.6 is 0 Å². The number of hydrogen-bond donors (Lipinski definition) is 0. The first-order valence-electron chi connectivity index (χ1n) is 6.66. The van der Waals surface area contributed by atoms with Gasteiger partial charge in [0.05, 0.1) is 23.3 Å². The molecular formula is C13H13N5O5. The van der Waals surface area contributed by atoms with Gasteiger partial charge in [-0.2, -0.15) is 0 Å². The number of azide groups is 1. The number of anilines is 1. The van der Waals surface area contributed by atoms with E-state index in [4.69, 9.17) is 5.53 Å². The van der Waals surface area contributed by atoms with E-state index in [1.54, 1.807) is 0 Å². The molecule has 1 aromatic carbocycles. The molecule has 0 radical (unpaired) electrons. The molecule has 1 heterocycles. The number of esters is 1. The second-order valence-electron chi connectivity index (χ2n) is 4.94. The van der Waals surface area contributed by atoms with E-state index < -0.39 is 10.9 Å². The fourth-order valence-electron chi connectivity index (χ4n) is 2.43. The van der Waals surface area contributed by atoms with Gasteiger partial charge in [-0.1, -0.05) is 5.11 Å². The maximum absolute atomic E-state index is 12.2. The highest BCUT2D eigenvalue weighted by atomic mass is 16.6. The number of ether oxygens (including phenoxy) is 1. The normalized spacial score (nSPS) is 16.8. The van der Waals surface area contributed by atoms with E-state index in [9.17, 15) is 19.7 Å². The van der Waals surface area contributed by atoms with E-state index in [1.807, 2.05) is 0 Å². The number of hydrogen-bond acceptors (Lipinski definition) is 6. The second-order valence-corrected chi connectivity index (χ2v) is 4.94. The van der Waals surface area contributed by atoms with Crippen molar-refractivity contribution in [1.82, 2.24) is 0 Å². The minimum Gasteiger partial charge on any atom is -0.465 e. The van der Waals surface area contributed by atoms with Crippen molar-refractivity contribution in [2.75, 3.05) is 25.1 Å². The topological polar surface area (TPSA) is 139 Å². The predicted octanol–water partition coefficient (Wildman–Crippen LogP) is 2.04. The summed E-state index contributed by atoms with van der Waals surface area (Å²) in [5.74, 6) is -1.20. The Morgan fingerprint density at radius 2 is 2.35 bits per heavy atom. The smallest absolute Gasteiger partial charge is 0.339 e. The molecule has 1 aromatic rings. The standard InChI is InChI=1S/C13H13N5O5/c1-23-13(20)10-3-2-9(18(21)22)5-11(10)17-7-8(4-12(17)19)6-15-16-14/h2-3,5,8H,4,6-7H2,1H3. The highest BCUT2D eigenvalue weighted by molar-refractivity contribution is 6.04. The third-order valence-electron chi connectivity index (χ3n) is 3.50. The van der Waals surface area contributed by atoms with Crippen molar-refractivity contribution < 1.29 is 19.2 Å². The van der Waals surface area contributed by atoms with Crippen molar-refractivity contribution in [2.24, 2.45) is 11.0 Å². The molecule has 1 aliphatic heterocycles. The van der Waals surface area contributed by atoms with Crippen molar-refractivity contribution >= 4 is 23.3 Å². The third kappa shape index (κ3) is 3.38. The molecule has 120 valence electrons. The van der Waals surface area contributed by atoms with Crippen LogP contribution in [-0.4, -0.2) is 37.0 Å². The van der Waals surface area contributed by atoms with Gasteiger partial charge in [-0.15, -0.1) is 0 Å².